The van der Waals surface area contributed by atoms with Crippen LogP contribution in [0.1, 0.15) is 10.7 Å². The van der Waals surface area contributed by atoms with Crippen LogP contribution in [-0.2, 0) is 0 Å². The van der Waals surface area contributed by atoms with Crippen molar-refractivity contribution in [3.05, 3.63) is 40.8 Å². The SMILES string of the molecule is C#CCSc1nc(C)nc2sc(C)c(-c3ccc(F)cc3)c12. The Labute approximate surface area is 136 Å². The van der Waals surface area contributed by atoms with Crippen LogP contribution in [0, 0.1) is 32.0 Å². The molecule has 0 saturated carbocycles. The van der Waals surface area contributed by atoms with Crippen molar-refractivity contribution in [3.8, 4) is 23.5 Å². The molecule has 5 heteroatoms. The lowest BCUT2D eigenvalue weighted by Crippen LogP contribution is -1.92. The minimum Gasteiger partial charge on any atom is -0.226 e. The molecule has 110 valence electrons. The maximum Gasteiger partial charge on any atom is 0.129 e. The molecule has 0 N–H and O–H groups in total. The number of rotatable bonds is 3. The molecule has 0 radical (unpaired) electrons. The van der Waals surface area contributed by atoms with Gasteiger partial charge in [0.25, 0.3) is 0 Å². The zero-order chi connectivity index (χ0) is 15.7. The first kappa shape index (κ1) is 15.0. The number of halogens is 1. The quantitative estimate of drug-likeness (QED) is 0.391. The van der Waals surface area contributed by atoms with Crippen molar-refractivity contribution in [2.24, 2.45) is 0 Å². The standard InChI is InChI=1S/C17H13FN2S2/c1-4-9-21-16-15-14(12-5-7-13(18)8-6-12)10(2)22-17(15)20-11(3)19-16/h1,5-8H,9H2,2-3H3. The molecule has 1 aromatic carbocycles. The first-order valence-corrected chi connectivity index (χ1v) is 8.50. The van der Waals surface area contributed by atoms with E-state index in [0.29, 0.717) is 5.75 Å². The second-order valence-electron chi connectivity index (χ2n) is 4.79. The molecule has 0 amide bonds. The molecule has 0 fully saturated rings. The molecule has 3 rings (SSSR count). The van der Waals surface area contributed by atoms with E-state index >= 15 is 0 Å². The Morgan fingerprint density at radius 3 is 2.64 bits per heavy atom. The summed E-state index contributed by atoms with van der Waals surface area (Å²) in [5.74, 6) is 3.68. The van der Waals surface area contributed by atoms with Gasteiger partial charge in [-0.05, 0) is 31.5 Å². The summed E-state index contributed by atoms with van der Waals surface area (Å²) in [5.41, 5.74) is 2.04. The van der Waals surface area contributed by atoms with E-state index in [2.05, 4.69) is 22.8 Å². The van der Waals surface area contributed by atoms with Gasteiger partial charge in [0.1, 0.15) is 21.5 Å². The summed E-state index contributed by atoms with van der Waals surface area (Å²) < 4.78 is 13.2. The van der Waals surface area contributed by atoms with Crippen molar-refractivity contribution >= 4 is 33.3 Å². The molecule has 0 aliphatic rings. The fourth-order valence-corrected chi connectivity index (χ4v) is 4.28. The third-order valence-electron chi connectivity index (χ3n) is 3.23. The average molecular weight is 328 g/mol. The fourth-order valence-electron chi connectivity index (χ4n) is 2.36. The Balaban J connectivity index is 2.27. The van der Waals surface area contributed by atoms with Crippen LogP contribution in [-0.4, -0.2) is 15.7 Å². The first-order chi connectivity index (χ1) is 10.6. The number of aromatic nitrogens is 2. The van der Waals surface area contributed by atoms with E-state index in [4.69, 9.17) is 6.42 Å². The van der Waals surface area contributed by atoms with E-state index < -0.39 is 0 Å². The molecule has 2 aromatic heterocycles. The molecular weight excluding hydrogens is 315 g/mol. The van der Waals surface area contributed by atoms with Gasteiger partial charge in [0.15, 0.2) is 0 Å². The molecule has 0 unspecified atom stereocenters. The molecule has 0 saturated heterocycles. The molecular formula is C17H13FN2S2. The predicted octanol–water partition coefficient (Wildman–Crippen LogP) is 4.84. The minimum atomic E-state index is -0.241. The van der Waals surface area contributed by atoms with Gasteiger partial charge >= 0.3 is 0 Å². The highest BCUT2D eigenvalue weighted by Gasteiger charge is 2.17. The number of nitrogens with zero attached hydrogens (tertiary/aromatic N) is 2. The van der Waals surface area contributed by atoms with Crippen LogP contribution in [0.5, 0.6) is 0 Å². The van der Waals surface area contributed by atoms with Crippen LogP contribution in [0.3, 0.4) is 0 Å². The van der Waals surface area contributed by atoms with Crippen LogP contribution >= 0.6 is 23.1 Å². The number of aryl methyl sites for hydroxylation is 2. The van der Waals surface area contributed by atoms with E-state index in [1.165, 1.54) is 23.9 Å². The lowest BCUT2D eigenvalue weighted by Gasteiger charge is -2.06. The fraction of sp³-hybridized carbons (Fsp3) is 0.176. The van der Waals surface area contributed by atoms with E-state index in [1.807, 2.05) is 6.92 Å². The van der Waals surface area contributed by atoms with Crippen LogP contribution in [0.4, 0.5) is 4.39 Å². The number of thioether (sulfide) groups is 1. The van der Waals surface area contributed by atoms with Gasteiger partial charge in [-0.3, -0.25) is 0 Å². The van der Waals surface area contributed by atoms with Crippen molar-refractivity contribution in [2.45, 2.75) is 18.9 Å². The van der Waals surface area contributed by atoms with Crippen molar-refractivity contribution in [1.82, 2.24) is 9.97 Å². The molecule has 0 atom stereocenters. The van der Waals surface area contributed by atoms with Gasteiger partial charge < -0.3 is 0 Å². The summed E-state index contributed by atoms with van der Waals surface area (Å²) in [6.07, 6.45) is 5.38. The van der Waals surface area contributed by atoms with Gasteiger partial charge in [-0.15, -0.1) is 17.8 Å². The number of thiophene rings is 1. The van der Waals surface area contributed by atoms with Crippen molar-refractivity contribution in [2.75, 3.05) is 5.75 Å². The molecule has 2 heterocycles. The number of fused-ring (bicyclic) bond motifs is 1. The molecule has 0 aliphatic heterocycles. The first-order valence-electron chi connectivity index (χ1n) is 6.70. The number of hydrogen-bond acceptors (Lipinski definition) is 4. The lowest BCUT2D eigenvalue weighted by molar-refractivity contribution is 0.628. The van der Waals surface area contributed by atoms with E-state index in [-0.39, 0.29) is 5.82 Å². The molecule has 0 aliphatic carbocycles. The third kappa shape index (κ3) is 2.72. The largest absolute Gasteiger partial charge is 0.226 e. The van der Waals surface area contributed by atoms with Crippen LogP contribution < -0.4 is 0 Å². The highest BCUT2D eigenvalue weighted by atomic mass is 32.2. The molecule has 0 bridgehead atoms. The Bertz CT molecular complexity index is 876. The Morgan fingerprint density at radius 2 is 1.95 bits per heavy atom. The number of terminal acetylenes is 1. The summed E-state index contributed by atoms with van der Waals surface area (Å²) in [5, 5.41) is 1.91. The van der Waals surface area contributed by atoms with Gasteiger partial charge in [-0.25, -0.2) is 14.4 Å². The second kappa shape index (κ2) is 6.07. The summed E-state index contributed by atoms with van der Waals surface area (Å²) in [6, 6.07) is 6.53. The van der Waals surface area contributed by atoms with E-state index in [9.17, 15) is 4.39 Å². The summed E-state index contributed by atoms with van der Waals surface area (Å²) in [6.45, 7) is 3.93. The number of hydrogen-bond donors (Lipinski definition) is 0. The second-order valence-corrected chi connectivity index (χ2v) is 6.96. The van der Waals surface area contributed by atoms with Gasteiger partial charge in [0.05, 0.1) is 11.1 Å². The molecule has 0 spiro atoms. The zero-order valence-electron chi connectivity index (χ0n) is 12.2. The predicted molar refractivity (Wildman–Crippen MR) is 91.8 cm³/mol. The maximum absolute atomic E-state index is 13.2. The molecule has 22 heavy (non-hydrogen) atoms. The van der Waals surface area contributed by atoms with Crippen molar-refractivity contribution in [1.29, 1.82) is 0 Å². The topological polar surface area (TPSA) is 25.8 Å². The summed E-state index contributed by atoms with van der Waals surface area (Å²) >= 11 is 3.16. The normalized spacial score (nSPS) is 10.8. The molecule has 3 aromatic rings. The third-order valence-corrected chi connectivity index (χ3v) is 5.11. The van der Waals surface area contributed by atoms with E-state index in [0.717, 1.165) is 37.1 Å². The van der Waals surface area contributed by atoms with Crippen LogP contribution in [0.25, 0.3) is 21.3 Å². The van der Waals surface area contributed by atoms with Crippen molar-refractivity contribution in [3.63, 3.8) is 0 Å². The zero-order valence-corrected chi connectivity index (χ0v) is 13.8. The Kier molecular flexibility index (Phi) is 4.14. The Morgan fingerprint density at radius 1 is 1.23 bits per heavy atom. The smallest absolute Gasteiger partial charge is 0.129 e. The maximum atomic E-state index is 13.2. The summed E-state index contributed by atoms with van der Waals surface area (Å²) in [4.78, 5) is 11.2. The van der Waals surface area contributed by atoms with Gasteiger partial charge in [0.2, 0.25) is 0 Å². The average Bonchev–Trinajstić information content (AvgIpc) is 2.81. The highest BCUT2D eigenvalue weighted by Crippen LogP contribution is 2.41. The van der Waals surface area contributed by atoms with Crippen molar-refractivity contribution < 1.29 is 4.39 Å². The summed E-state index contributed by atoms with van der Waals surface area (Å²) in [7, 11) is 0. The lowest BCUT2D eigenvalue weighted by atomic mass is 10.0. The highest BCUT2D eigenvalue weighted by molar-refractivity contribution is 7.99. The molecule has 2 nitrogen and oxygen atoms in total. The van der Waals surface area contributed by atoms with Crippen LogP contribution in [0.2, 0.25) is 0 Å². The monoisotopic (exact) mass is 328 g/mol. The Hall–Kier alpha value is -1.90. The van der Waals surface area contributed by atoms with Gasteiger partial charge in [0, 0.05) is 10.4 Å². The van der Waals surface area contributed by atoms with Gasteiger partial charge in [-0.1, -0.05) is 29.8 Å². The van der Waals surface area contributed by atoms with Crippen LogP contribution in [0.15, 0.2) is 29.3 Å². The van der Waals surface area contributed by atoms with Gasteiger partial charge in [-0.2, -0.15) is 0 Å². The number of benzene rings is 1. The van der Waals surface area contributed by atoms with E-state index in [1.54, 1.807) is 23.5 Å². The minimum absolute atomic E-state index is 0.241.